The van der Waals surface area contributed by atoms with Gasteiger partial charge in [-0.15, -0.1) is 0 Å². The Morgan fingerprint density at radius 2 is 2.05 bits per heavy atom. The molecule has 0 radical (unpaired) electrons. The number of rotatable bonds is 1. The molecule has 2 fully saturated rings. The average molecular weight is 294 g/mol. The summed E-state index contributed by atoms with van der Waals surface area (Å²) >= 11 is 0. The molecule has 0 aromatic rings. The van der Waals surface area contributed by atoms with Gasteiger partial charge < -0.3 is 19.7 Å². The maximum Gasteiger partial charge on any atom is 0.334 e. The first-order valence-corrected chi connectivity index (χ1v) is 7.26. The zero-order chi connectivity index (χ0) is 15.6. The fourth-order valence-corrected chi connectivity index (χ4v) is 4.34. The van der Waals surface area contributed by atoms with Crippen LogP contribution < -0.4 is 0 Å². The molecule has 0 unspecified atom stereocenters. The van der Waals surface area contributed by atoms with Crippen molar-refractivity contribution in [3.63, 3.8) is 0 Å². The second-order valence-electron chi connectivity index (χ2n) is 6.85. The molecule has 0 spiro atoms. The predicted octanol–water partition coefficient (Wildman–Crippen LogP) is 0.951. The maximum absolute atomic E-state index is 11.9. The van der Waals surface area contributed by atoms with Crippen LogP contribution in [0.2, 0.25) is 0 Å². The van der Waals surface area contributed by atoms with Gasteiger partial charge in [-0.05, 0) is 26.7 Å². The van der Waals surface area contributed by atoms with Crippen LogP contribution in [0.5, 0.6) is 0 Å². The fourth-order valence-electron chi connectivity index (χ4n) is 4.34. The number of carbonyl (C=O) groups excluding carboxylic acids is 1. The zero-order valence-electron chi connectivity index (χ0n) is 12.6. The first-order valence-electron chi connectivity index (χ1n) is 7.26. The van der Waals surface area contributed by atoms with E-state index in [4.69, 9.17) is 9.47 Å². The normalized spacial score (nSPS) is 52.3. The van der Waals surface area contributed by atoms with E-state index in [0.717, 1.165) is 0 Å². The summed E-state index contributed by atoms with van der Waals surface area (Å²) in [4.78, 5) is 11.9. The van der Waals surface area contributed by atoms with Crippen LogP contribution >= 0.6 is 0 Å². The highest BCUT2D eigenvalue weighted by Gasteiger charge is 2.67. The van der Waals surface area contributed by atoms with E-state index >= 15 is 0 Å². The molecule has 1 saturated carbocycles. The maximum atomic E-state index is 11.9. The highest BCUT2D eigenvalue weighted by Crippen LogP contribution is 2.56. The van der Waals surface area contributed by atoms with Gasteiger partial charge in [0.05, 0.1) is 17.1 Å². The van der Waals surface area contributed by atoms with Crippen LogP contribution in [-0.2, 0) is 14.3 Å². The van der Waals surface area contributed by atoms with Crippen molar-refractivity contribution >= 4 is 5.97 Å². The van der Waals surface area contributed by atoms with E-state index in [1.54, 1.807) is 26.0 Å². The lowest BCUT2D eigenvalue weighted by molar-refractivity contribution is -0.201. The molecule has 21 heavy (non-hydrogen) atoms. The largest absolute Gasteiger partial charge is 0.458 e. The minimum absolute atomic E-state index is 0.197. The number of aliphatic hydroxyl groups is 2. The molecule has 0 aromatic heterocycles. The summed E-state index contributed by atoms with van der Waals surface area (Å²) in [6.07, 6.45) is 3.83. The minimum Gasteiger partial charge on any atom is -0.458 e. The Labute approximate surface area is 124 Å². The Morgan fingerprint density at radius 1 is 1.38 bits per heavy atom. The summed E-state index contributed by atoms with van der Waals surface area (Å²) < 4.78 is 11.2. The van der Waals surface area contributed by atoms with Crippen molar-refractivity contribution < 1.29 is 24.5 Å². The topological polar surface area (TPSA) is 76.0 Å². The van der Waals surface area contributed by atoms with Crippen LogP contribution in [0, 0.1) is 11.8 Å². The Morgan fingerprint density at radius 3 is 2.67 bits per heavy atom. The Hall–Kier alpha value is -1.17. The Balaban J connectivity index is 2.16. The lowest BCUT2D eigenvalue weighted by Crippen LogP contribution is -2.61. The summed E-state index contributed by atoms with van der Waals surface area (Å²) in [6.45, 7) is 7.18. The van der Waals surface area contributed by atoms with Gasteiger partial charge in [-0.2, -0.15) is 0 Å². The molecule has 2 aliphatic carbocycles. The molecule has 1 heterocycles. The molecular weight excluding hydrogens is 272 g/mol. The average Bonchev–Trinajstić information content (AvgIpc) is 2.79. The van der Waals surface area contributed by atoms with Crippen LogP contribution in [0.25, 0.3) is 0 Å². The molecule has 116 valence electrons. The number of ether oxygens (including phenoxy) is 2. The van der Waals surface area contributed by atoms with Crippen molar-refractivity contribution in [3.05, 3.63) is 24.3 Å². The third-order valence-electron chi connectivity index (χ3n) is 5.56. The molecule has 5 nitrogen and oxygen atoms in total. The molecule has 0 bridgehead atoms. The number of esters is 1. The van der Waals surface area contributed by atoms with E-state index in [1.165, 1.54) is 7.11 Å². The van der Waals surface area contributed by atoms with Gasteiger partial charge in [-0.1, -0.05) is 18.7 Å². The standard InChI is InChI=1S/C16H22O5/c1-9-10-5-6-15(3,19)16(20-4)8-7-14(2,18)12(16)11(10)21-13(9)17/h7-8,10-12,18-19H,1,5-6H2,2-4H3/t10-,11-,12-,14-,15-,16-/m0/s1. The first kappa shape index (κ1) is 14.8. The number of hydrogen-bond donors (Lipinski definition) is 2. The van der Waals surface area contributed by atoms with E-state index < -0.39 is 34.8 Å². The Bertz CT molecular complexity index is 533. The Kier molecular flexibility index (Phi) is 2.94. The van der Waals surface area contributed by atoms with Gasteiger partial charge in [0.1, 0.15) is 11.7 Å². The third-order valence-corrected chi connectivity index (χ3v) is 5.56. The molecule has 0 aromatic carbocycles. The fraction of sp³-hybridized carbons (Fsp3) is 0.688. The van der Waals surface area contributed by atoms with Gasteiger partial charge in [0, 0.05) is 18.6 Å². The van der Waals surface area contributed by atoms with E-state index in [2.05, 4.69) is 6.58 Å². The van der Waals surface area contributed by atoms with Gasteiger partial charge in [0.25, 0.3) is 0 Å². The highest BCUT2D eigenvalue weighted by atomic mass is 16.6. The van der Waals surface area contributed by atoms with Crippen LogP contribution in [0.15, 0.2) is 24.3 Å². The van der Waals surface area contributed by atoms with Crippen molar-refractivity contribution in [3.8, 4) is 0 Å². The van der Waals surface area contributed by atoms with Crippen LogP contribution in [0.1, 0.15) is 26.7 Å². The number of hydrogen-bond acceptors (Lipinski definition) is 5. The quantitative estimate of drug-likeness (QED) is 0.428. The smallest absolute Gasteiger partial charge is 0.334 e. The SMILES string of the molecule is C=C1C(=O)O[C@H]2[C@H]1CC[C@](C)(O)[C@]1(OC)C=C[C@](C)(O)[C@H]21. The monoisotopic (exact) mass is 294 g/mol. The van der Waals surface area contributed by atoms with Gasteiger partial charge in [0.15, 0.2) is 0 Å². The lowest BCUT2D eigenvalue weighted by atomic mass is 9.70. The van der Waals surface area contributed by atoms with Crippen LogP contribution in [0.3, 0.4) is 0 Å². The molecule has 1 aliphatic heterocycles. The summed E-state index contributed by atoms with van der Waals surface area (Å²) in [7, 11) is 1.51. The van der Waals surface area contributed by atoms with Crippen molar-refractivity contribution in [2.45, 2.75) is 49.6 Å². The van der Waals surface area contributed by atoms with E-state index in [1.807, 2.05) is 0 Å². The van der Waals surface area contributed by atoms with Gasteiger partial charge in [-0.3, -0.25) is 0 Å². The van der Waals surface area contributed by atoms with Gasteiger partial charge in [0.2, 0.25) is 0 Å². The summed E-state index contributed by atoms with van der Waals surface area (Å²) in [5.74, 6) is -1.18. The summed E-state index contributed by atoms with van der Waals surface area (Å²) in [6, 6.07) is 0. The molecule has 5 heteroatoms. The molecule has 2 N–H and O–H groups in total. The van der Waals surface area contributed by atoms with Gasteiger partial charge >= 0.3 is 5.97 Å². The molecule has 3 aliphatic rings. The van der Waals surface area contributed by atoms with E-state index in [9.17, 15) is 15.0 Å². The number of fused-ring (bicyclic) bond motifs is 3. The zero-order valence-corrected chi connectivity index (χ0v) is 12.6. The van der Waals surface area contributed by atoms with Crippen molar-refractivity contribution in [1.82, 2.24) is 0 Å². The number of carbonyl (C=O) groups is 1. The predicted molar refractivity (Wildman–Crippen MR) is 75.4 cm³/mol. The van der Waals surface area contributed by atoms with Gasteiger partial charge in [-0.25, -0.2) is 4.79 Å². The van der Waals surface area contributed by atoms with Crippen LogP contribution in [0.4, 0.5) is 0 Å². The minimum atomic E-state index is -1.22. The summed E-state index contributed by atoms with van der Waals surface area (Å²) in [5, 5.41) is 21.7. The third kappa shape index (κ3) is 1.71. The summed E-state index contributed by atoms with van der Waals surface area (Å²) in [5.41, 5.74) is -3.05. The van der Waals surface area contributed by atoms with Crippen molar-refractivity contribution in [2.24, 2.45) is 11.8 Å². The van der Waals surface area contributed by atoms with E-state index in [-0.39, 0.29) is 5.92 Å². The van der Waals surface area contributed by atoms with Crippen molar-refractivity contribution in [1.29, 1.82) is 0 Å². The number of methoxy groups -OCH3 is 1. The molecule has 3 rings (SSSR count). The second kappa shape index (κ2) is 4.18. The second-order valence-corrected chi connectivity index (χ2v) is 6.85. The van der Waals surface area contributed by atoms with Crippen LogP contribution in [-0.4, -0.2) is 46.2 Å². The molecular formula is C16H22O5. The lowest BCUT2D eigenvalue weighted by Gasteiger charge is -2.47. The highest BCUT2D eigenvalue weighted by molar-refractivity contribution is 5.91. The van der Waals surface area contributed by atoms with E-state index in [0.29, 0.717) is 18.4 Å². The molecule has 1 saturated heterocycles. The molecule has 6 atom stereocenters. The first-order chi connectivity index (χ1) is 9.66. The molecule has 0 amide bonds. The van der Waals surface area contributed by atoms with Crippen molar-refractivity contribution in [2.75, 3.05) is 7.11 Å².